The summed E-state index contributed by atoms with van der Waals surface area (Å²) in [4.78, 5) is 23.2. The lowest BCUT2D eigenvalue weighted by Crippen LogP contribution is -2.39. The molecular weight excluding hydrogens is 424 g/mol. The Bertz CT molecular complexity index is 1490. The summed E-state index contributed by atoms with van der Waals surface area (Å²) >= 11 is 0. The summed E-state index contributed by atoms with van der Waals surface area (Å²) in [6, 6.07) is 12.8. The summed E-state index contributed by atoms with van der Waals surface area (Å²) in [5, 5.41) is 13.4. The second-order valence-corrected chi connectivity index (χ2v) is 10.0. The molecule has 172 valence electrons. The Morgan fingerprint density at radius 1 is 1.00 bits per heavy atom. The normalized spacial score (nSPS) is 19.2. The molecule has 2 fully saturated rings. The van der Waals surface area contributed by atoms with Crippen LogP contribution in [0.4, 0.5) is 11.5 Å². The number of nitrogens with zero attached hydrogens (tertiary/aromatic N) is 3. The highest BCUT2D eigenvalue weighted by atomic mass is 16.1. The van der Waals surface area contributed by atoms with E-state index in [9.17, 15) is 4.79 Å². The zero-order valence-corrected chi connectivity index (χ0v) is 19.1. The molecule has 0 amide bonds. The van der Waals surface area contributed by atoms with Crippen molar-refractivity contribution in [2.75, 3.05) is 25.0 Å². The number of hydrogen-bond acceptors (Lipinski definition) is 5. The first-order valence-electron chi connectivity index (χ1n) is 12.4. The van der Waals surface area contributed by atoms with Crippen molar-refractivity contribution in [1.82, 2.24) is 20.1 Å². The third-order valence-corrected chi connectivity index (χ3v) is 8.01. The number of aliphatic imine (C=N–C) groups is 1. The van der Waals surface area contributed by atoms with Crippen LogP contribution >= 0.6 is 0 Å². The van der Waals surface area contributed by atoms with E-state index in [4.69, 9.17) is 4.99 Å². The van der Waals surface area contributed by atoms with E-state index in [1.807, 2.05) is 6.07 Å². The number of likely N-dealkylation sites (tertiary alicyclic amines) is 1. The van der Waals surface area contributed by atoms with Crippen LogP contribution in [0.5, 0.6) is 0 Å². The molecule has 2 aromatic heterocycles. The Balaban J connectivity index is 1.11. The molecule has 1 saturated carbocycles. The number of aromatic nitrogens is 3. The number of anilines is 1. The average molecular weight is 453 g/mol. The van der Waals surface area contributed by atoms with Gasteiger partial charge in [0.05, 0.1) is 23.0 Å². The number of para-hydroxylation sites is 1. The monoisotopic (exact) mass is 452 g/mol. The van der Waals surface area contributed by atoms with Gasteiger partial charge in [-0.2, -0.15) is 5.10 Å². The molecule has 7 rings (SSSR count). The number of benzene rings is 2. The molecule has 4 aromatic rings. The van der Waals surface area contributed by atoms with Gasteiger partial charge in [0, 0.05) is 17.1 Å². The summed E-state index contributed by atoms with van der Waals surface area (Å²) in [7, 11) is 0. The number of piperidine rings is 1. The van der Waals surface area contributed by atoms with Crippen molar-refractivity contribution in [3.8, 4) is 0 Å². The van der Waals surface area contributed by atoms with Crippen LogP contribution in [-0.4, -0.2) is 45.6 Å². The summed E-state index contributed by atoms with van der Waals surface area (Å²) in [5.41, 5.74) is 4.76. The van der Waals surface area contributed by atoms with E-state index in [2.05, 4.69) is 61.9 Å². The molecule has 7 heteroatoms. The summed E-state index contributed by atoms with van der Waals surface area (Å²) in [6.07, 6.45) is 8.14. The van der Waals surface area contributed by atoms with Gasteiger partial charge in [-0.1, -0.05) is 24.6 Å². The van der Waals surface area contributed by atoms with Crippen molar-refractivity contribution < 1.29 is 0 Å². The van der Waals surface area contributed by atoms with Gasteiger partial charge in [0.2, 0.25) is 0 Å². The Morgan fingerprint density at radius 3 is 2.68 bits per heavy atom. The number of nitrogens with one attached hydrogen (secondary N) is 3. The molecule has 1 saturated heterocycles. The molecule has 0 spiro atoms. The molecule has 0 radical (unpaired) electrons. The van der Waals surface area contributed by atoms with E-state index in [-0.39, 0.29) is 5.56 Å². The molecular formula is C27H28N6O. The largest absolute Gasteiger partial charge is 0.361 e. The zero-order valence-electron chi connectivity index (χ0n) is 19.1. The highest BCUT2D eigenvalue weighted by molar-refractivity contribution is 6.13. The maximum absolute atomic E-state index is 12.5. The fourth-order valence-electron chi connectivity index (χ4n) is 5.89. The third kappa shape index (κ3) is 3.26. The molecule has 3 aliphatic rings. The van der Waals surface area contributed by atoms with Gasteiger partial charge in [-0.3, -0.25) is 9.69 Å². The SMILES string of the molecule is O=c1[nH]nc2c3c(cc(C4CCC4)cc13)NC(CN1CCC(c3c[nH]c4ccccc34)CC1)=N2. The van der Waals surface area contributed by atoms with Crippen LogP contribution in [-0.2, 0) is 0 Å². The molecule has 0 bridgehead atoms. The van der Waals surface area contributed by atoms with E-state index in [1.165, 1.54) is 41.3 Å². The lowest BCUT2D eigenvalue weighted by molar-refractivity contribution is 0.239. The second-order valence-electron chi connectivity index (χ2n) is 10.0. The van der Waals surface area contributed by atoms with Gasteiger partial charge in [0.15, 0.2) is 5.82 Å². The van der Waals surface area contributed by atoms with E-state index in [0.29, 0.717) is 23.0 Å². The molecule has 34 heavy (non-hydrogen) atoms. The standard InChI is InChI=1S/C27H28N6O/c34-27-20-12-18(16-4-3-5-16)13-23-25(20)26(31-32-27)30-24(29-23)15-33-10-8-17(9-11-33)21-14-28-22-7-2-1-6-19(21)22/h1-2,6-7,12-14,16-17,28H,3-5,8-11,15H2,(H,32,34)(H,29,30,31). The first kappa shape index (κ1) is 20.0. The van der Waals surface area contributed by atoms with Crippen LogP contribution in [0.3, 0.4) is 0 Å². The van der Waals surface area contributed by atoms with Crippen LogP contribution in [0.1, 0.15) is 55.1 Å². The molecule has 1 aliphatic carbocycles. The van der Waals surface area contributed by atoms with Crippen molar-refractivity contribution in [2.24, 2.45) is 4.99 Å². The van der Waals surface area contributed by atoms with Gasteiger partial charge in [-0.15, -0.1) is 0 Å². The van der Waals surface area contributed by atoms with Crippen LogP contribution in [0.15, 0.2) is 52.4 Å². The fraction of sp³-hybridized carbons (Fsp3) is 0.370. The predicted molar refractivity (Wildman–Crippen MR) is 136 cm³/mol. The Kier molecular flexibility index (Phi) is 4.58. The number of H-pyrrole nitrogens is 2. The molecule has 3 N–H and O–H groups in total. The van der Waals surface area contributed by atoms with Gasteiger partial charge in [-0.25, -0.2) is 10.1 Å². The minimum absolute atomic E-state index is 0.138. The molecule has 0 atom stereocenters. The minimum atomic E-state index is -0.138. The first-order valence-corrected chi connectivity index (χ1v) is 12.4. The van der Waals surface area contributed by atoms with Crippen LogP contribution < -0.4 is 10.9 Å². The quantitative estimate of drug-likeness (QED) is 0.406. The fourth-order valence-corrected chi connectivity index (χ4v) is 5.89. The lowest BCUT2D eigenvalue weighted by Gasteiger charge is -2.33. The van der Waals surface area contributed by atoms with Crippen LogP contribution in [0.25, 0.3) is 21.7 Å². The second kappa shape index (κ2) is 7.81. The highest BCUT2D eigenvalue weighted by Crippen LogP contribution is 2.41. The minimum Gasteiger partial charge on any atom is -0.361 e. The molecule has 0 unspecified atom stereocenters. The van der Waals surface area contributed by atoms with E-state index >= 15 is 0 Å². The topological polar surface area (TPSA) is 89.2 Å². The summed E-state index contributed by atoms with van der Waals surface area (Å²) in [6.45, 7) is 2.83. The van der Waals surface area contributed by atoms with Crippen LogP contribution in [0, 0.1) is 0 Å². The lowest BCUT2D eigenvalue weighted by atomic mass is 9.79. The first-order chi connectivity index (χ1) is 16.7. The predicted octanol–water partition coefficient (Wildman–Crippen LogP) is 5.01. The number of fused-ring (bicyclic) bond motifs is 1. The molecule has 2 aliphatic heterocycles. The van der Waals surface area contributed by atoms with Crippen molar-refractivity contribution in [1.29, 1.82) is 0 Å². The van der Waals surface area contributed by atoms with Crippen molar-refractivity contribution in [3.63, 3.8) is 0 Å². The molecule has 2 aromatic carbocycles. The average Bonchev–Trinajstić information content (AvgIpc) is 3.25. The molecule has 7 nitrogen and oxygen atoms in total. The number of rotatable bonds is 4. The zero-order chi connectivity index (χ0) is 22.6. The van der Waals surface area contributed by atoms with Crippen molar-refractivity contribution in [3.05, 3.63) is 64.1 Å². The van der Waals surface area contributed by atoms with E-state index < -0.39 is 0 Å². The van der Waals surface area contributed by atoms with Gasteiger partial charge in [0.1, 0.15) is 5.84 Å². The maximum Gasteiger partial charge on any atom is 0.272 e. The van der Waals surface area contributed by atoms with Gasteiger partial charge >= 0.3 is 0 Å². The van der Waals surface area contributed by atoms with Crippen molar-refractivity contribution in [2.45, 2.75) is 43.9 Å². The number of amidine groups is 1. The summed E-state index contributed by atoms with van der Waals surface area (Å²) < 4.78 is 0. The summed E-state index contributed by atoms with van der Waals surface area (Å²) in [5.74, 6) is 2.67. The number of hydrogen-bond donors (Lipinski definition) is 3. The van der Waals surface area contributed by atoms with Crippen LogP contribution in [0.2, 0.25) is 0 Å². The third-order valence-electron chi connectivity index (χ3n) is 8.01. The number of aromatic amines is 2. The maximum atomic E-state index is 12.5. The van der Waals surface area contributed by atoms with Crippen molar-refractivity contribution >= 4 is 39.0 Å². The van der Waals surface area contributed by atoms with E-state index in [0.717, 1.165) is 49.4 Å². The van der Waals surface area contributed by atoms with Gasteiger partial charge < -0.3 is 10.3 Å². The Morgan fingerprint density at radius 2 is 1.85 bits per heavy atom. The van der Waals surface area contributed by atoms with E-state index in [1.54, 1.807) is 0 Å². The van der Waals surface area contributed by atoms with Gasteiger partial charge in [0.25, 0.3) is 5.56 Å². The Hall–Kier alpha value is -3.45. The van der Waals surface area contributed by atoms with Gasteiger partial charge in [-0.05, 0) is 79.9 Å². The smallest absolute Gasteiger partial charge is 0.272 e. The molecule has 4 heterocycles. The Labute approximate surface area is 197 Å². The highest BCUT2D eigenvalue weighted by Gasteiger charge is 2.27.